The zero-order valence-electron chi connectivity index (χ0n) is 10.1. The number of carboxylic acids is 1. The monoisotopic (exact) mass is 242 g/mol. The largest absolute Gasteiger partial charge is 0.481 e. The summed E-state index contributed by atoms with van der Waals surface area (Å²) < 4.78 is 0. The number of nitrogens with zero attached hydrogens (tertiary/aromatic N) is 1. The predicted octanol–water partition coefficient (Wildman–Crippen LogP) is -0.308. The number of carboxylic acid groups (broad SMARTS) is 1. The van der Waals surface area contributed by atoms with Crippen LogP contribution in [0.3, 0.4) is 0 Å². The van der Waals surface area contributed by atoms with Gasteiger partial charge in [-0.2, -0.15) is 0 Å². The van der Waals surface area contributed by atoms with Crippen LogP contribution in [0.15, 0.2) is 0 Å². The van der Waals surface area contributed by atoms with Crippen LogP contribution in [0.5, 0.6) is 0 Å². The van der Waals surface area contributed by atoms with E-state index in [1.54, 1.807) is 0 Å². The number of hydrogen-bond acceptors (Lipinski definition) is 3. The molecule has 0 aromatic rings. The maximum absolute atomic E-state index is 12.0. The lowest BCUT2D eigenvalue weighted by Gasteiger charge is -2.22. The second kappa shape index (κ2) is 5.65. The second-order valence-electron chi connectivity index (χ2n) is 4.35. The van der Waals surface area contributed by atoms with E-state index in [0.29, 0.717) is 12.8 Å². The van der Waals surface area contributed by atoms with Crippen molar-refractivity contribution in [3.63, 3.8) is 0 Å². The summed E-state index contributed by atoms with van der Waals surface area (Å²) in [6.07, 6.45) is 1.88. The predicted molar refractivity (Wildman–Crippen MR) is 60.2 cm³/mol. The van der Waals surface area contributed by atoms with Crippen molar-refractivity contribution in [2.45, 2.75) is 19.3 Å². The summed E-state index contributed by atoms with van der Waals surface area (Å²) in [6, 6.07) is 0. The van der Waals surface area contributed by atoms with Crippen LogP contribution < -0.4 is 5.32 Å². The first kappa shape index (κ1) is 13.5. The molecule has 96 valence electrons. The fraction of sp³-hybridized carbons (Fsp3) is 0.727. The molecule has 0 aromatic heterocycles. The zero-order valence-corrected chi connectivity index (χ0v) is 10.1. The highest BCUT2D eigenvalue weighted by Gasteiger charge is 2.39. The van der Waals surface area contributed by atoms with Gasteiger partial charge in [0.2, 0.25) is 11.8 Å². The van der Waals surface area contributed by atoms with Gasteiger partial charge in [0.1, 0.15) is 0 Å². The molecular formula is C11H18N2O4. The molecule has 0 radical (unpaired) electrons. The Morgan fingerprint density at radius 3 is 2.41 bits per heavy atom. The highest BCUT2D eigenvalue weighted by atomic mass is 16.4. The molecule has 0 aromatic carbocycles. The minimum Gasteiger partial charge on any atom is -0.481 e. The zero-order chi connectivity index (χ0) is 13.0. The normalized spacial score (nSPS) is 23.2. The maximum Gasteiger partial charge on any atom is 0.307 e. The number of hydrogen-bond donors (Lipinski definition) is 2. The Bertz CT molecular complexity index is 329. The van der Waals surface area contributed by atoms with Crippen LogP contribution in [-0.2, 0) is 14.4 Å². The maximum atomic E-state index is 12.0. The van der Waals surface area contributed by atoms with Crippen LogP contribution in [0.2, 0.25) is 0 Å². The summed E-state index contributed by atoms with van der Waals surface area (Å²) >= 11 is 0. The molecule has 0 heterocycles. The van der Waals surface area contributed by atoms with Gasteiger partial charge >= 0.3 is 5.97 Å². The molecule has 0 spiro atoms. The molecular weight excluding hydrogens is 224 g/mol. The van der Waals surface area contributed by atoms with Crippen molar-refractivity contribution in [1.82, 2.24) is 10.2 Å². The van der Waals surface area contributed by atoms with Crippen molar-refractivity contribution >= 4 is 17.8 Å². The molecule has 1 aliphatic carbocycles. The van der Waals surface area contributed by atoms with Crippen LogP contribution in [0.4, 0.5) is 0 Å². The van der Waals surface area contributed by atoms with Gasteiger partial charge in [0.05, 0.1) is 18.4 Å². The second-order valence-corrected chi connectivity index (χ2v) is 4.35. The Balaban J connectivity index is 2.62. The van der Waals surface area contributed by atoms with E-state index in [9.17, 15) is 14.4 Å². The summed E-state index contributed by atoms with van der Waals surface area (Å²) in [5.74, 6) is -2.52. The molecule has 6 nitrogen and oxygen atoms in total. The summed E-state index contributed by atoms with van der Waals surface area (Å²) in [7, 11) is 3.02. The van der Waals surface area contributed by atoms with Crippen molar-refractivity contribution in [3.8, 4) is 0 Å². The molecule has 1 aliphatic rings. The fourth-order valence-corrected chi connectivity index (χ4v) is 2.21. The van der Waals surface area contributed by atoms with Gasteiger partial charge in [-0.3, -0.25) is 14.4 Å². The van der Waals surface area contributed by atoms with E-state index in [2.05, 4.69) is 5.32 Å². The average molecular weight is 242 g/mol. The van der Waals surface area contributed by atoms with E-state index < -0.39 is 17.8 Å². The third-order valence-electron chi connectivity index (χ3n) is 3.19. The molecule has 1 rings (SSSR count). The summed E-state index contributed by atoms with van der Waals surface area (Å²) in [5.41, 5.74) is 0. The Kier molecular flexibility index (Phi) is 4.48. The summed E-state index contributed by atoms with van der Waals surface area (Å²) in [4.78, 5) is 35.4. The molecule has 17 heavy (non-hydrogen) atoms. The molecule has 6 heteroatoms. The number of aliphatic carboxylic acids is 1. The summed E-state index contributed by atoms with van der Waals surface area (Å²) in [6.45, 7) is -0.0296. The van der Waals surface area contributed by atoms with E-state index in [1.807, 2.05) is 0 Å². The van der Waals surface area contributed by atoms with Crippen LogP contribution in [-0.4, -0.2) is 48.4 Å². The minimum atomic E-state index is -0.922. The minimum absolute atomic E-state index is 0.0296. The lowest BCUT2D eigenvalue weighted by atomic mass is 9.95. The van der Waals surface area contributed by atoms with Gasteiger partial charge in [0, 0.05) is 14.1 Å². The first-order valence-corrected chi connectivity index (χ1v) is 5.65. The molecule has 0 saturated heterocycles. The van der Waals surface area contributed by atoms with Gasteiger partial charge in [-0.15, -0.1) is 0 Å². The van der Waals surface area contributed by atoms with Crippen LogP contribution >= 0.6 is 0 Å². The molecule has 0 aliphatic heterocycles. The molecule has 2 atom stereocenters. The van der Waals surface area contributed by atoms with Crippen LogP contribution in [0.25, 0.3) is 0 Å². The third kappa shape index (κ3) is 3.18. The SMILES string of the molecule is CNC(=O)CN(C)C(=O)C1CCCC1C(=O)O. The van der Waals surface area contributed by atoms with Gasteiger partial charge in [-0.05, 0) is 12.8 Å². The average Bonchev–Trinajstić information content (AvgIpc) is 2.76. The number of carbonyl (C=O) groups is 3. The Morgan fingerprint density at radius 1 is 1.29 bits per heavy atom. The highest BCUT2D eigenvalue weighted by molar-refractivity contribution is 5.88. The summed E-state index contributed by atoms with van der Waals surface area (Å²) in [5, 5.41) is 11.4. The van der Waals surface area contributed by atoms with E-state index in [1.165, 1.54) is 19.0 Å². The van der Waals surface area contributed by atoms with Gasteiger partial charge in [-0.25, -0.2) is 0 Å². The molecule has 1 saturated carbocycles. The number of likely N-dealkylation sites (N-methyl/N-ethyl adjacent to an activating group) is 2. The topological polar surface area (TPSA) is 86.7 Å². The van der Waals surface area contributed by atoms with E-state index in [4.69, 9.17) is 5.11 Å². The van der Waals surface area contributed by atoms with Gasteiger partial charge in [0.25, 0.3) is 0 Å². The van der Waals surface area contributed by atoms with Gasteiger partial charge in [0.15, 0.2) is 0 Å². The number of amides is 2. The van der Waals surface area contributed by atoms with Crippen LogP contribution in [0, 0.1) is 11.8 Å². The van der Waals surface area contributed by atoms with Crippen molar-refractivity contribution in [2.75, 3.05) is 20.6 Å². The number of rotatable bonds is 4. The number of nitrogens with one attached hydrogen (secondary N) is 1. The fourth-order valence-electron chi connectivity index (χ4n) is 2.21. The van der Waals surface area contributed by atoms with Crippen molar-refractivity contribution in [2.24, 2.45) is 11.8 Å². The lowest BCUT2D eigenvalue weighted by Crippen LogP contribution is -2.41. The smallest absolute Gasteiger partial charge is 0.307 e. The number of carbonyl (C=O) groups excluding carboxylic acids is 2. The van der Waals surface area contributed by atoms with E-state index >= 15 is 0 Å². The van der Waals surface area contributed by atoms with Crippen molar-refractivity contribution < 1.29 is 19.5 Å². The molecule has 2 amide bonds. The highest BCUT2D eigenvalue weighted by Crippen LogP contribution is 2.33. The van der Waals surface area contributed by atoms with Gasteiger partial charge in [-0.1, -0.05) is 6.42 Å². The Hall–Kier alpha value is -1.59. The van der Waals surface area contributed by atoms with E-state index in [0.717, 1.165) is 6.42 Å². The first-order chi connectivity index (χ1) is 7.97. The third-order valence-corrected chi connectivity index (χ3v) is 3.19. The molecule has 2 N–H and O–H groups in total. The Morgan fingerprint density at radius 2 is 1.88 bits per heavy atom. The van der Waals surface area contributed by atoms with Crippen LogP contribution in [0.1, 0.15) is 19.3 Å². The molecule has 1 fully saturated rings. The van der Waals surface area contributed by atoms with E-state index in [-0.39, 0.29) is 18.4 Å². The lowest BCUT2D eigenvalue weighted by molar-refractivity contribution is -0.149. The first-order valence-electron chi connectivity index (χ1n) is 5.65. The molecule has 2 unspecified atom stereocenters. The quantitative estimate of drug-likeness (QED) is 0.708. The van der Waals surface area contributed by atoms with Crippen molar-refractivity contribution in [3.05, 3.63) is 0 Å². The molecule has 0 bridgehead atoms. The Labute approximate surface area is 100.0 Å². The van der Waals surface area contributed by atoms with Gasteiger partial charge < -0.3 is 15.3 Å². The van der Waals surface area contributed by atoms with Crippen molar-refractivity contribution in [1.29, 1.82) is 0 Å². The standard InChI is InChI=1S/C11H18N2O4/c1-12-9(14)6-13(2)10(15)7-4-3-5-8(7)11(16)17/h7-8H,3-6H2,1-2H3,(H,12,14)(H,16,17).